The highest BCUT2D eigenvalue weighted by atomic mass is 28.4. The van der Waals surface area contributed by atoms with Gasteiger partial charge in [-0.25, -0.2) is 0 Å². The van der Waals surface area contributed by atoms with Gasteiger partial charge in [-0.1, -0.05) is 0 Å². The van der Waals surface area contributed by atoms with Crippen molar-refractivity contribution in [3.05, 3.63) is 0 Å². The molecule has 0 aliphatic rings. The number of rotatable bonds is 30. The molecule has 0 radical (unpaired) electrons. The molecule has 0 aromatic carbocycles. The number of hydrogen-bond acceptors (Lipinski definition) is 14. The van der Waals surface area contributed by atoms with Crippen molar-refractivity contribution in [2.75, 3.05) is 85.3 Å². The molecule has 45 heavy (non-hydrogen) atoms. The lowest BCUT2D eigenvalue weighted by Crippen LogP contribution is -2.54. The topological polar surface area (TPSA) is 163 Å². The molecule has 0 spiro atoms. The Balaban J connectivity index is 6.24. The van der Waals surface area contributed by atoms with Crippen molar-refractivity contribution in [1.82, 2.24) is 0 Å². The largest absolute Gasteiger partial charge is 0.500 e. The third-order valence-electron chi connectivity index (χ3n) is 9.07. The molecule has 0 fully saturated rings. The van der Waals surface area contributed by atoms with E-state index in [0.717, 1.165) is 25.7 Å². The number of hydrogen-bond donors (Lipinski definition) is 2. The number of nitrogens with two attached hydrogens (primary N) is 2. The Bertz CT molecular complexity index is 616. The predicted molar refractivity (Wildman–Crippen MR) is 182 cm³/mol. The molecule has 0 atom stereocenters. The maximum Gasteiger partial charge on any atom is 0.500 e. The van der Waals surface area contributed by atoms with Crippen LogP contribution >= 0.6 is 0 Å². The third-order valence-corrected chi connectivity index (χ3v) is 20.4. The van der Waals surface area contributed by atoms with Crippen molar-refractivity contribution < 1.29 is 53.1 Å². The molecule has 4 N–H and O–H groups in total. The fraction of sp³-hybridized carbons (Fsp3) is 1.00. The molecule has 272 valence electrons. The van der Waals surface area contributed by atoms with Gasteiger partial charge in [-0.15, -0.1) is 0 Å². The van der Waals surface area contributed by atoms with Crippen LogP contribution in [0.2, 0.25) is 24.2 Å². The molecule has 0 aromatic heterocycles. The minimum Gasteiger partial charge on any atom is -0.377 e. The SMILES string of the molecule is CO[Si](CCCC(N)(CCC[Si](OC)(OC)OC)CC(N)(CCC[Si](OC)(OC)OC)CCC[Si](OC)(OC)OC)(OC)OC. The van der Waals surface area contributed by atoms with Crippen LogP contribution in [0.1, 0.15) is 57.8 Å². The van der Waals surface area contributed by atoms with Crippen LogP contribution in [-0.2, 0) is 53.1 Å². The average Bonchev–Trinajstić information content (AvgIpc) is 3.06. The van der Waals surface area contributed by atoms with Crippen LogP contribution < -0.4 is 11.5 Å². The monoisotopic (exact) mass is 722 g/mol. The van der Waals surface area contributed by atoms with Gasteiger partial charge in [0.15, 0.2) is 0 Å². The van der Waals surface area contributed by atoms with Crippen LogP contribution in [0, 0.1) is 0 Å². The van der Waals surface area contributed by atoms with Crippen LogP contribution in [0.3, 0.4) is 0 Å². The normalized spacial score (nSPS) is 14.0. The van der Waals surface area contributed by atoms with Gasteiger partial charge in [0.1, 0.15) is 0 Å². The summed E-state index contributed by atoms with van der Waals surface area (Å²) in [6.45, 7) is 0. The Labute approximate surface area is 277 Å². The summed E-state index contributed by atoms with van der Waals surface area (Å²) in [4.78, 5) is 0. The summed E-state index contributed by atoms with van der Waals surface area (Å²) < 4.78 is 68.1. The van der Waals surface area contributed by atoms with E-state index in [1.54, 1.807) is 85.3 Å². The quantitative estimate of drug-likeness (QED) is 0.104. The van der Waals surface area contributed by atoms with Gasteiger partial charge in [0, 0.05) is 121 Å². The van der Waals surface area contributed by atoms with Crippen molar-refractivity contribution in [1.29, 1.82) is 0 Å². The van der Waals surface area contributed by atoms with Crippen LogP contribution in [0.5, 0.6) is 0 Å². The molecule has 0 amide bonds. The van der Waals surface area contributed by atoms with E-state index in [2.05, 4.69) is 0 Å². The second kappa shape index (κ2) is 22.1. The van der Waals surface area contributed by atoms with Gasteiger partial charge < -0.3 is 64.6 Å². The molecule has 0 heterocycles. The first kappa shape index (κ1) is 45.3. The van der Waals surface area contributed by atoms with Gasteiger partial charge in [-0.05, 0) is 57.8 Å². The fourth-order valence-corrected chi connectivity index (χ4v) is 13.0. The van der Waals surface area contributed by atoms with Crippen molar-refractivity contribution >= 4 is 35.2 Å². The summed E-state index contributed by atoms with van der Waals surface area (Å²) in [5.41, 5.74) is 13.4. The molecule has 0 aliphatic heterocycles. The molecule has 0 bridgehead atoms. The molecule has 0 unspecified atom stereocenters. The standard InChI is InChI=1S/C27H66N2O12Si4/c1-30-42(31-2,32-3)21-13-17-26(28,18-14-22-43(33-4,34-5)35-6)25-27(29,19-15-23-44(36-7,37-8)38-9)20-16-24-45(39-10,40-11)41-12/h13-25,28-29H2,1-12H3. The van der Waals surface area contributed by atoms with Gasteiger partial charge in [0.2, 0.25) is 0 Å². The molecule has 0 aromatic rings. The van der Waals surface area contributed by atoms with E-state index in [-0.39, 0.29) is 0 Å². The maximum absolute atomic E-state index is 7.34. The highest BCUT2D eigenvalue weighted by molar-refractivity contribution is 6.61. The lowest BCUT2D eigenvalue weighted by molar-refractivity contribution is 0.118. The zero-order valence-electron chi connectivity index (χ0n) is 30.2. The molecule has 0 saturated carbocycles. The van der Waals surface area contributed by atoms with E-state index in [9.17, 15) is 0 Å². The summed E-state index contributed by atoms with van der Waals surface area (Å²) >= 11 is 0. The lowest BCUT2D eigenvalue weighted by Gasteiger charge is -2.41. The zero-order valence-corrected chi connectivity index (χ0v) is 34.2. The Morgan fingerprint density at radius 3 is 0.622 bits per heavy atom. The van der Waals surface area contributed by atoms with E-state index in [1.165, 1.54) is 0 Å². The van der Waals surface area contributed by atoms with Gasteiger partial charge in [0.25, 0.3) is 0 Å². The second-order valence-electron chi connectivity index (χ2n) is 11.5. The van der Waals surface area contributed by atoms with E-state index in [0.29, 0.717) is 56.3 Å². The summed E-state index contributed by atoms with van der Waals surface area (Å²) in [5.74, 6) is 0. The van der Waals surface area contributed by atoms with Crippen LogP contribution in [0.25, 0.3) is 0 Å². The van der Waals surface area contributed by atoms with E-state index in [4.69, 9.17) is 64.6 Å². The highest BCUT2D eigenvalue weighted by Gasteiger charge is 2.44. The Morgan fingerprint density at radius 2 is 0.489 bits per heavy atom. The summed E-state index contributed by atoms with van der Waals surface area (Å²) in [5, 5.41) is 0. The minimum absolute atomic E-state index is 0.575. The highest BCUT2D eigenvalue weighted by Crippen LogP contribution is 2.36. The third kappa shape index (κ3) is 14.4. The van der Waals surface area contributed by atoms with Crippen LogP contribution in [-0.4, -0.2) is 132 Å². The Kier molecular flexibility index (Phi) is 22.3. The summed E-state index contributed by atoms with van der Waals surface area (Å²) in [7, 11) is 8.35. The molecule has 0 aliphatic carbocycles. The lowest BCUT2D eigenvalue weighted by atomic mass is 9.74. The Hall–Kier alpha value is 0.308. The summed E-state index contributed by atoms with van der Waals surface area (Å²) in [6, 6.07) is 2.53. The van der Waals surface area contributed by atoms with Crippen LogP contribution in [0.15, 0.2) is 0 Å². The molecular weight excluding hydrogens is 657 g/mol. The maximum atomic E-state index is 7.34. The molecular formula is C27H66N2O12Si4. The second-order valence-corrected chi connectivity index (χ2v) is 23.9. The fourth-order valence-electron chi connectivity index (χ4n) is 6.16. The first-order valence-electron chi connectivity index (χ1n) is 15.5. The first-order valence-corrected chi connectivity index (χ1v) is 23.2. The van der Waals surface area contributed by atoms with Gasteiger partial charge in [-0.2, -0.15) is 0 Å². The van der Waals surface area contributed by atoms with Crippen molar-refractivity contribution in [3.8, 4) is 0 Å². The molecule has 0 saturated heterocycles. The van der Waals surface area contributed by atoms with E-state index in [1.807, 2.05) is 0 Å². The van der Waals surface area contributed by atoms with Crippen molar-refractivity contribution in [2.24, 2.45) is 11.5 Å². The average molecular weight is 723 g/mol. The molecule has 14 nitrogen and oxygen atoms in total. The minimum atomic E-state index is -2.78. The van der Waals surface area contributed by atoms with E-state index < -0.39 is 46.3 Å². The van der Waals surface area contributed by atoms with Crippen LogP contribution in [0.4, 0.5) is 0 Å². The molecule has 0 rings (SSSR count). The van der Waals surface area contributed by atoms with E-state index >= 15 is 0 Å². The van der Waals surface area contributed by atoms with Crippen molar-refractivity contribution in [3.63, 3.8) is 0 Å². The Morgan fingerprint density at radius 1 is 0.333 bits per heavy atom. The van der Waals surface area contributed by atoms with Gasteiger partial charge in [-0.3, -0.25) is 0 Å². The van der Waals surface area contributed by atoms with Crippen molar-refractivity contribution in [2.45, 2.75) is 93.0 Å². The summed E-state index contributed by atoms with van der Waals surface area (Å²) in [6.07, 6.45) is 6.33. The molecule has 18 heteroatoms. The predicted octanol–water partition coefficient (Wildman–Crippen LogP) is 3.40. The van der Waals surface area contributed by atoms with Gasteiger partial charge >= 0.3 is 35.2 Å². The van der Waals surface area contributed by atoms with Gasteiger partial charge in [0.05, 0.1) is 0 Å². The zero-order chi connectivity index (χ0) is 34.7. The smallest absolute Gasteiger partial charge is 0.377 e. The first-order chi connectivity index (χ1) is 21.3.